The molecule has 2 aromatic heterocycles. The molecule has 0 aliphatic rings. The lowest BCUT2D eigenvalue weighted by Crippen LogP contribution is -2.29. The number of carbonyl (C=O) groups is 1. The molecule has 0 radical (unpaired) electrons. The number of amides is 1. The van der Waals surface area contributed by atoms with E-state index < -0.39 is 0 Å². The lowest BCUT2D eigenvalue weighted by molar-refractivity contribution is -0.123. The van der Waals surface area contributed by atoms with Crippen molar-refractivity contribution in [3.8, 4) is 0 Å². The second-order valence-corrected chi connectivity index (χ2v) is 5.22. The van der Waals surface area contributed by atoms with E-state index >= 15 is 0 Å². The second kappa shape index (κ2) is 5.52. The highest BCUT2D eigenvalue weighted by Gasteiger charge is 2.09. The van der Waals surface area contributed by atoms with Gasteiger partial charge in [-0.05, 0) is 28.1 Å². The largest absolute Gasteiger partial charge is 0.355 e. The molecule has 0 saturated heterocycles. The van der Waals surface area contributed by atoms with Gasteiger partial charge in [-0.2, -0.15) is 0 Å². The average molecular weight is 310 g/mol. The van der Waals surface area contributed by atoms with Gasteiger partial charge in [0.25, 0.3) is 0 Å². The predicted molar refractivity (Wildman–Crippen MR) is 74.4 cm³/mol. The second-order valence-electron chi connectivity index (χ2n) is 4.47. The topological polar surface area (TPSA) is 46.4 Å². The van der Waals surface area contributed by atoms with Gasteiger partial charge in [0.05, 0.1) is 5.52 Å². The first-order chi connectivity index (χ1) is 8.59. The molecule has 0 spiro atoms. The number of imidazole rings is 1. The molecule has 0 aliphatic carbocycles. The molecule has 0 unspecified atom stereocenters. The molecular formula is C13H16BrN3O. The van der Waals surface area contributed by atoms with Crippen molar-refractivity contribution >= 4 is 27.4 Å². The van der Waals surface area contributed by atoms with Gasteiger partial charge >= 0.3 is 0 Å². The number of nitrogens with one attached hydrogen (secondary N) is 1. The van der Waals surface area contributed by atoms with Crippen LogP contribution in [0.25, 0.3) is 5.52 Å². The van der Waals surface area contributed by atoms with Gasteiger partial charge < -0.3 is 9.72 Å². The molecule has 1 amide bonds. The smallest absolute Gasteiger partial charge is 0.222 e. The van der Waals surface area contributed by atoms with E-state index in [4.69, 9.17) is 0 Å². The molecule has 2 heterocycles. The highest BCUT2D eigenvalue weighted by atomic mass is 79.9. The first kappa shape index (κ1) is 13.1. The van der Waals surface area contributed by atoms with E-state index in [1.165, 1.54) is 0 Å². The monoisotopic (exact) mass is 309 g/mol. The third-order valence-corrected chi connectivity index (χ3v) is 3.33. The fraction of sp³-hybridized carbons (Fsp3) is 0.385. The van der Waals surface area contributed by atoms with Gasteiger partial charge in [0.2, 0.25) is 5.91 Å². The first-order valence-corrected chi connectivity index (χ1v) is 6.78. The number of fused-ring (bicyclic) bond motifs is 1. The Hall–Kier alpha value is -1.36. The zero-order valence-electron chi connectivity index (χ0n) is 10.5. The Morgan fingerprint density at radius 1 is 1.50 bits per heavy atom. The van der Waals surface area contributed by atoms with Gasteiger partial charge in [-0.15, -0.1) is 0 Å². The molecule has 18 heavy (non-hydrogen) atoms. The number of pyridine rings is 1. The number of halogens is 1. The molecule has 0 fully saturated rings. The van der Waals surface area contributed by atoms with Crippen LogP contribution >= 0.6 is 15.9 Å². The van der Waals surface area contributed by atoms with E-state index in [0.717, 1.165) is 22.4 Å². The van der Waals surface area contributed by atoms with Crippen molar-refractivity contribution in [3.63, 3.8) is 0 Å². The molecular weight excluding hydrogens is 294 g/mol. The van der Waals surface area contributed by atoms with Gasteiger partial charge in [-0.1, -0.05) is 19.9 Å². The van der Waals surface area contributed by atoms with Crippen LogP contribution in [0.1, 0.15) is 19.7 Å². The van der Waals surface area contributed by atoms with Crippen molar-refractivity contribution in [2.45, 2.75) is 20.3 Å². The highest BCUT2D eigenvalue weighted by Crippen LogP contribution is 2.18. The van der Waals surface area contributed by atoms with Gasteiger partial charge in [0.15, 0.2) is 0 Å². The Kier molecular flexibility index (Phi) is 4.01. The van der Waals surface area contributed by atoms with E-state index in [2.05, 4.69) is 26.2 Å². The van der Waals surface area contributed by atoms with E-state index in [1.54, 1.807) is 0 Å². The SMILES string of the molecule is CC(C)C(=O)NCCc1nc(Br)c2ccccn12. The van der Waals surface area contributed by atoms with Crippen molar-refractivity contribution in [2.75, 3.05) is 6.54 Å². The number of nitrogens with zero attached hydrogens (tertiary/aromatic N) is 2. The quantitative estimate of drug-likeness (QED) is 0.942. The van der Waals surface area contributed by atoms with Gasteiger partial charge in [0, 0.05) is 25.1 Å². The Morgan fingerprint density at radius 3 is 3.00 bits per heavy atom. The van der Waals surface area contributed by atoms with E-state index in [9.17, 15) is 4.79 Å². The summed E-state index contributed by atoms with van der Waals surface area (Å²) in [6.07, 6.45) is 2.70. The third kappa shape index (κ3) is 2.72. The minimum atomic E-state index is 0.0220. The maximum absolute atomic E-state index is 11.5. The summed E-state index contributed by atoms with van der Waals surface area (Å²) >= 11 is 3.44. The minimum absolute atomic E-state index is 0.0220. The van der Waals surface area contributed by atoms with Gasteiger partial charge in [0.1, 0.15) is 10.4 Å². The fourth-order valence-corrected chi connectivity index (χ4v) is 2.27. The minimum Gasteiger partial charge on any atom is -0.355 e. The van der Waals surface area contributed by atoms with Gasteiger partial charge in [-0.25, -0.2) is 4.98 Å². The van der Waals surface area contributed by atoms with Crippen LogP contribution in [0.2, 0.25) is 0 Å². The molecule has 2 aromatic rings. The number of carbonyl (C=O) groups excluding carboxylic acids is 1. The Bertz CT molecular complexity index is 562. The van der Waals surface area contributed by atoms with Crippen LogP contribution in [-0.4, -0.2) is 21.8 Å². The van der Waals surface area contributed by atoms with Crippen molar-refractivity contribution in [1.29, 1.82) is 0 Å². The van der Waals surface area contributed by atoms with Crippen LogP contribution < -0.4 is 5.32 Å². The molecule has 0 atom stereocenters. The molecule has 0 aliphatic heterocycles. The summed E-state index contributed by atoms with van der Waals surface area (Å²) in [5, 5.41) is 2.90. The zero-order valence-corrected chi connectivity index (χ0v) is 12.1. The van der Waals surface area contributed by atoms with E-state index in [1.807, 2.05) is 42.6 Å². The number of hydrogen-bond acceptors (Lipinski definition) is 2. The molecule has 2 rings (SSSR count). The maximum Gasteiger partial charge on any atom is 0.222 e. The molecule has 5 heteroatoms. The fourth-order valence-electron chi connectivity index (χ4n) is 1.74. The summed E-state index contributed by atoms with van der Waals surface area (Å²) in [5.74, 6) is 1.05. The molecule has 1 N–H and O–H groups in total. The first-order valence-electron chi connectivity index (χ1n) is 5.98. The lowest BCUT2D eigenvalue weighted by Gasteiger charge is -2.06. The Labute approximate surface area is 115 Å². The molecule has 0 aromatic carbocycles. The number of rotatable bonds is 4. The van der Waals surface area contributed by atoms with Crippen LogP contribution in [0, 0.1) is 5.92 Å². The Balaban J connectivity index is 2.06. The van der Waals surface area contributed by atoms with Crippen molar-refractivity contribution < 1.29 is 4.79 Å². The lowest BCUT2D eigenvalue weighted by atomic mass is 10.2. The van der Waals surface area contributed by atoms with E-state index in [-0.39, 0.29) is 11.8 Å². The van der Waals surface area contributed by atoms with Crippen LogP contribution in [0.4, 0.5) is 0 Å². The van der Waals surface area contributed by atoms with Crippen molar-refractivity contribution in [1.82, 2.24) is 14.7 Å². The summed E-state index contributed by atoms with van der Waals surface area (Å²) in [6.45, 7) is 4.38. The summed E-state index contributed by atoms with van der Waals surface area (Å²) in [6, 6.07) is 5.96. The summed E-state index contributed by atoms with van der Waals surface area (Å²) < 4.78 is 2.87. The molecule has 0 saturated carbocycles. The maximum atomic E-state index is 11.5. The van der Waals surface area contributed by atoms with Crippen LogP contribution in [0.5, 0.6) is 0 Å². The highest BCUT2D eigenvalue weighted by molar-refractivity contribution is 9.10. The standard InChI is InChI=1S/C13H16BrN3O/c1-9(2)13(18)15-7-6-11-16-12(14)10-5-3-4-8-17(10)11/h3-5,8-9H,6-7H2,1-2H3,(H,15,18). The van der Waals surface area contributed by atoms with Crippen molar-refractivity contribution in [2.24, 2.45) is 5.92 Å². The number of aromatic nitrogens is 2. The summed E-state index contributed by atoms with van der Waals surface area (Å²) in [4.78, 5) is 15.9. The van der Waals surface area contributed by atoms with E-state index in [0.29, 0.717) is 6.54 Å². The normalized spacial score (nSPS) is 11.1. The predicted octanol–water partition coefficient (Wildman–Crippen LogP) is 2.41. The van der Waals surface area contributed by atoms with Crippen LogP contribution in [-0.2, 0) is 11.2 Å². The van der Waals surface area contributed by atoms with Crippen molar-refractivity contribution in [3.05, 3.63) is 34.8 Å². The Morgan fingerprint density at radius 2 is 2.28 bits per heavy atom. The molecule has 96 valence electrons. The van der Waals surface area contributed by atoms with Crippen LogP contribution in [0.15, 0.2) is 29.0 Å². The molecule has 4 nitrogen and oxygen atoms in total. The third-order valence-electron chi connectivity index (χ3n) is 2.75. The molecule has 0 bridgehead atoms. The summed E-state index contributed by atoms with van der Waals surface area (Å²) in [7, 11) is 0. The average Bonchev–Trinajstić information content (AvgIpc) is 2.67. The van der Waals surface area contributed by atoms with Gasteiger partial charge in [-0.3, -0.25) is 4.79 Å². The summed E-state index contributed by atoms with van der Waals surface area (Å²) in [5.41, 5.74) is 1.04. The van der Waals surface area contributed by atoms with Crippen LogP contribution in [0.3, 0.4) is 0 Å². The number of hydrogen-bond donors (Lipinski definition) is 1. The zero-order chi connectivity index (χ0) is 13.1.